The molecule has 2 aliphatic heterocycles. The minimum Gasteiger partial charge on any atom is -0.493 e. The average molecular weight is 246 g/mol. The van der Waals surface area contributed by atoms with Crippen LogP contribution < -0.4 is 9.47 Å². The summed E-state index contributed by atoms with van der Waals surface area (Å²) >= 11 is 0. The van der Waals surface area contributed by atoms with E-state index in [2.05, 4.69) is 6.92 Å². The molecule has 0 N–H and O–H groups in total. The summed E-state index contributed by atoms with van der Waals surface area (Å²) in [6.07, 6.45) is 3.28. The highest BCUT2D eigenvalue weighted by Gasteiger charge is 2.29. The van der Waals surface area contributed by atoms with Crippen molar-refractivity contribution >= 4 is 5.78 Å². The fourth-order valence-corrected chi connectivity index (χ4v) is 3.00. The van der Waals surface area contributed by atoms with Crippen molar-refractivity contribution in [3.05, 3.63) is 22.3 Å². The number of benzene rings is 1. The normalized spacial score (nSPS) is 15.9. The van der Waals surface area contributed by atoms with Crippen LogP contribution in [0.3, 0.4) is 0 Å². The number of carbonyl (C=O) groups excluding carboxylic acids is 1. The van der Waals surface area contributed by atoms with Crippen molar-refractivity contribution in [1.29, 1.82) is 0 Å². The van der Waals surface area contributed by atoms with E-state index in [-0.39, 0.29) is 5.78 Å². The molecule has 1 aromatic carbocycles. The maximum Gasteiger partial charge on any atom is 0.130 e. The second-order valence-corrected chi connectivity index (χ2v) is 5.12. The van der Waals surface area contributed by atoms with Crippen LogP contribution in [0.4, 0.5) is 0 Å². The average Bonchev–Trinajstić information content (AvgIpc) is 2.95. The van der Waals surface area contributed by atoms with Gasteiger partial charge in [-0.25, -0.2) is 0 Å². The van der Waals surface area contributed by atoms with E-state index in [4.69, 9.17) is 9.47 Å². The molecule has 2 heterocycles. The van der Waals surface area contributed by atoms with Crippen LogP contribution in [0.5, 0.6) is 11.5 Å². The first-order chi connectivity index (χ1) is 8.68. The largest absolute Gasteiger partial charge is 0.493 e. The number of rotatable bonds is 3. The van der Waals surface area contributed by atoms with E-state index in [0.29, 0.717) is 6.42 Å². The lowest BCUT2D eigenvalue weighted by atomic mass is 9.92. The molecule has 0 spiro atoms. The second-order valence-electron chi connectivity index (χ2n) is 5.12. The predicted molar refractivity (Wildman–Crippen MR) is 68.6 cm³/mol. The lowest BCUT2D eigenvalue weighted by Gasteiger charge is -2.15. The van der Waals surface area contributed by atoms with E-state index >= 15 is 0 Å². The van der Waals surface area contributed by atoms with Crippen LogP contribution in [0, 0.1) is 6.92 Å². The van der Waals surface area contributed by atoms with Crippen LogP contribution in [0.1, 0.15) is 35.6 Å². The van der Waals surface area contributed by atoms with E-state index < -0.39 is 0 Å². The van der Waals surface area contributed by atoms with Gasteiger partial charge in [-0.05, 0) is 25.8 Å². The van der Waals surface area contributed by atoms with Gasteiger partial charge in [0.05, 0.1) is 13.2 Å². The van der Waals surface area contributed by atoms with Crippen LogP contribution in [-0.4, -0.2) is 19.0 Å². The van der Waals surface area contributed by atoms with Crippen LogP contribution in [-0.2, 0) is 24.1 Å². The lowest BCUT2D eigenvalue weighted by Crippen LogP contribution is -2.01. The Labute approximate surface area is 107 Å². The van der Waals surface area contributed by atoms with Crippen LogP contribution in [0.2, 0.25) is 0 Å². The van der Waals surface area contributed by atoms with E-state index in [1.807, 2.05) is 0 Å². The quantitative estimate of drug-likeness (QED) is 0.821. The molecule has 0 fully saturated rings. The van der Waals surface area contributed by atoms with Crippen molar-refractivity contribution in [3.8, 4) is 11.5 Å². The zero-order chi connectivity index (χ0) is 12.7. The molecule has 1 aromatic rings. The van der Waals surface area contributed by atoms with Gasteiger partial charge < -0.3 is 14.3 Å². The molecule has 0 saturated heterocycles. The molecule has 0 aromatic heterocycles. The first-order valence-corrected chi connectivity index (χ1v) is 6.60. The molecule has 0 radical (unpaired) electrons. The van der Waals surface area contributed by atoms with Gasteiger partial charge >= 0.3 is 0 Å². The summed E-state index contributed by atoms with van der Waals surface area (Å²) in [4.78, 5) is 11.2. The van der Waals surface area contributed by atoms with Crippen molar-refractivity contribution in [1.82, 2.24) is 0 Å². The first kappa shape index (κ1) is 11.6. The number of hydrogen-bond acceptors (Lipinski definition) is 3. The number of ketones is 1. The Kier molecular flexibility index (Phi) is 2.77. The Hall–Kier alpha value is -1.51. The van der Waals surface area contributed by atoms with Gasteiger partial charge in [0.15, 0.2) is 0 Å². The molecule has 0 unspecified atom stereocenters. The Morgan fingerprint density at radius 3 is 2.50 bits per heavy atom. The number of hydrogen-bond donors (Lipinski definition) is 0. The molecule has 0 aliphatic carbocycles. The molecule has 3 heteroatoms. The molecule has 96 valence electrons. The SMILES string of the molecule is CC(=O)CCc1c2c(c(C)c3c1OCC3)OCC2. The monoisotopic (exact) mass is 246 g/mol. The van der Waals surface area contributed by atoms with Gasteiger partial charge in [0, 0.05) is 36.0 Å². The van der Waals surface area contributed by atoms with Crippen LogP contribution in [0.15, 0.2) is 0 Å². The van der Waals surface area contributed by atoms with Gasteiger partial charge in [-0.1, -0.05) is 0 Å². The van der Waals surface area contributed by atoms with Gasteiger partial charge in [-0.3, -0.25) is 0 Å². The highest BCUT2D eigenvalue weighted by molar-refractivity contribution is 5.76. The van der Waals surface area contributed by atoms with Crippen molar-refractivity contribution in [2.75, 3.05) is 13.2 Å². The highest BCUT2D eigenvalue weighted by Crippen LogP contribution is 2.44. The fourth-order valence-electron chi connectivity index (χ4n) is 3.00. The third kappa shape index (κ3) is 1.69. The fraction of sp³-hybridized carbons (Fsp3) is 0.533. The molecule has 0 amide bonds. The van der Waals surface area contributed by atoms with Gasteiger partial charge in [0.25, 0.3) is 0 Å². The van der Waals surface area contributed by atoms with Crippen molar-refractivity contribution in [2.24, 2.45) is 0 Å². The van der Waals surface area contributed by atoms with Gasteiger partial charge in [-0.15, -0.1) is 0 Å². The smallest absolute Gasteiger partial charge is 0.130 e. The zero-order valence-electron chi connectivity index (χ0n) is 11.0. The Morgan fingerprint density at radius 1 is 1.11 bits per heavy atom. The molecular formula is C15H18O3. The minimum absolute atomic E-state index is 0.231. The summed E-state index contributed by atoms with van der Waals surface area (Å²) < 4.78 is 11.6. The Bertz CT molecular complexity index is 482. The van der Waals surface area contributed by atoms with Crippen LogP contribution in [0.25, 0.3) is 0 Å². The number of ether oxygens (including phenoxy) is 2. The summed E-state index contributed by atoms with van der Waals surface area (Å²) in [6, 6.07) is 0. The summed E-state index contributed by atoms with van der Waals surface area (Å²) in [7, 11) is 0. The summed E-state index contributed by atoms with van der Waals surface area (Å²) in [5.41, 5.74) is 5.01. The van der Waals surface area contributed by atoms with Crippen molar-refractivity contribution in [3.63, 3.8) is 0 Å². The summed E-state index contributed by atoms with van der Waals surface area (Å²) in [5, 5.41) is 0. The minimum atomic E-state index is 0.231. The number of carbonyl (C=O) groups is 1. The molecular weight excluding hydrogens is 228 g/mol. The van der Waals surface area contributed by atoms with E-state index in [9.17, 15) is 4.79 Å². The molecule has 0 saturated carbocycles. The van der Waals surface area contributed by atoms with Gasteiger partial charge in [-0.2, -0.15) is 0 Å². The Morgan fingerprint density at radius 2 is 1.78 bits per heavy atom. The number of fused-ring (bicyclic) bond motifs is 2. The molecule has 3 nitrogen and oxygen atoms in total. The number of Topliss-reactive ketones (excluding diaryl/α,β-unsaturated/α-hetero) is 1. The standard InChI is InChI=1S/C15H18O3/c1-9(16)3-4-12-13-6-8-17-14(13)10(2)11-5-7-18-15(11)12/h3-8H2,1-2H3. The van der Waals surface area contributed by atoms with Crippen molar-refractivity contribution < 1.29 is 14.3 Å². The lowest BCUT2D eigenvalue weighted by molar-refractivity contribution is -0.116. The zero-order valence-corrected chi connectivity index (χ0v) is 11.0. The highest BCUT2D eigenvalue weighted by atomic mass is 16.5. The Balaban J connectivity index is 2.09. The first-order valence-electron chi connectivity index (χ1n) is 6.60. The molecule has 18 heavy (non-hydrogen) atoms. The van der Waals surface area contributed by atoms with Crippen LogP contribution >= 0.6 is 0 Å². The van der Waals surface area contributed by atoms with E-state index in [0.717, 1.165) is 44.0 Å². The maximum atomic E-state index is 11.2. The third-order valence-electron chi connectivity index (χ3n) is 3.90. The predicted octanol–water partition coefficient (Wildman–Crippen LogP) is 2.39. The van der Waals surface area contributed by atoms with E-state index in [1.165, 1.54) is 22.3 Å². The molecule has 0 bridgehead atoms. The third-order valence-corrected chi connectivity index (χ3v) is 3.90. The van der Waals surface area contributed by atoms with E-state index in [1.54, 1.807) is 6.92 Å². The second kappa shape index (κ2) is 4.30. The van der Waals surface area contributed by atoms with Gasteiger partial charge in [0.1, 0.15) is 17.3 Å². The summed E-state index contributed by atoms with van der Waals surface area (Å²) in [5.74, 6) is 2.32. The molecule has 0 atom stereocenters. The van der Waals surface area contributed by atoms with Gasteiger partial charge in [0.2, 0.25) is 0 Å². The maximum absolute atomic E-state index is 11.2. The summed E-state index contributed by atoms with van der Waals surface area (Å²) in [6.45, 7) is 5.27. The topological polar surface area (TPSA) is 35.5 Å². The van der Waals surface area contributed by atoms with Crippen molar-refractivity contribution in [2.45, 2.75) is 39.5 Å². The molecule has 3 rings (SSSR count). The molecule has 2 aliphatic rings.